The van der Waals surface area contributed by atoms with Crippen LogP contribution >= 0.6 is 0 Å². The van der Waals surface area contributed by atoms with Crippen molar-refractivity contribution in [1.82, 2.24) is 5.06 Å². The predicted molar refractivity (Wildman–Crippen MR) is 40.2 cm³/mol. The largest absolute Gasteiger partial charge is 0.218 e. The van der Waals surface area contributed by atoms with Crippen LogP contribution in [0.4, 0.5) is 0 Å². The van der Waals surface area contributed by atoms with Crippen molar-refractivity contribution in [3.05, 3.63) is 12.7 Å². The van der Waals surface area contributed by atoms with E-state index in [0.717, 1.165) is 12.8 Å². The lowest BCUT2D eigenvalue weighted by molar-refractivity contribution is -0.412. The van der Waals surface area contributed by atoms with Gasteiger partial charge in [0.2, 0.25) is 0 Å². The summed E-state index contributed by atoms with van der Waals surface area (Å²) in [7, 11) is 3.54. The Hall–Kier alpha value is -0.380. The summed E-state index contributed by atoms with van der Waals surface area (Å²) in [6.45, 7) is 4.20. The Morgan fingerprint density at radius 2 is 2.20 bits per heavy atom. The standard InChI is InChI=1S/C7H15NO2/c1-4-5-6-7-9-10-8(2)3/h4H,1,5-7H2,2-3H3. The van der Waals surface area contributed by atoms with Crippen molar-refractivity contribution < 1.29 is 9.88 Å². The molecule has 0 aliphatic carbocycles. The van der Waals surface area contributed by atoms with E-state index >= 15 is 0 Å². The molecule has 3 nitrogen and oxygen atoms in total. The highest BCUT2D eigenvalue weighted by molar-refractivity contribution is 4.64. The number of rotatable bonds is 6. The van der Waals surface area contributed by atoms with Crippen LogP contribution in [-0.2, 0) is 9.88 Å². The summed E-state index contributed by atoms with van der Waals surface area (Å²) in [6, 6.07) is 0. The van der Waals surface area contributed by atoms with E-state index in [4.69, 9.17) is 4.89 Å². The van der Waals surface area contributed by atoms with E-state index in [1.54, 1.807) is 14.1 Å². The molecular formula is C7H15NO2. The van der Waals surface area contributed by atoms with Gasteiger partial charge in [-0.15, -0.1) is 11.6 Å². The summed E-state index contributed by atoms with van der Waals surface area (Å²) in [5.74, 6) is 0. The van der Waals surface area contributed by atoms with E-state index in [0.29, 0.717) is 6.61 Å². The summed E-state index contributed by atoms with van der Waals surface area (Å²) >= 11 is 0. The Morgan fingerprint density at radius 3 is 2.70 bits per heavy atom. The fourth-order valence-corrected chi connectivity index (χ4v) is 0.429. The van der Waals surface area contributed by atoms with Crippen molar-refractivity contribution in [3.63, 3.8) is 0 Å². The molecule has 0 rings (SSSR count). The highest BCUT2D eigenvalue weighted by Crippen LogP contribution is 1.91. The number of allylic oxidation sites excluding steroid dienone is 1. The Kier molecular flexibility index (Phi) is 6.48. The maximum Gasteiger partial charge on any atom is 0.0845 e. The number of hydrogen-bond acceptors (Lipinski definition) is 3. The number of hydrogen-bond donors (Lipinski definition) is 0. The van der Waals surface area contributed by atoms with Gasteiger partial charge in [0.05, 0.1) is 6.61 Å². The van der Waals surface area contributed by atoms with Gasteiger partial charge in [0.25, 0.3) is 0 Å². The molecular weight excluding hydrogens is 130 g/mol. The molecule has 0 aliphatic rings. The first-order chi connectivity index (χ1) is 4.77. The lowest BCUT2D eigenvalue weighted by Crippen LogP contribution is -2.13. The van der Waals surface area contributed by atoms with Gasteiger partial charge in [0.1, 0.15) is 0 Å². The zero-order chi connectivity index (χ0) is 7.82. The smallest absolute Gasteiger partial charge is 0.0845 e. The van der Waals surface area contributed by atoms with Crippen molar-refractivity contribution in [2.75, 3.05) is 20.7 Å². The van der Waals surface area contributed by atoms with Crippen LogP contribution < -0.4 is 0 Å². The minimum atomic E-state index is 0.615. The van der Waals surface area contributed by atoms with Crippen LogP contribution in [0.1, 0.15) is 12.8 Å². The molecule has 0 aromatic carbocycles. The molecule has 0 heterocycles. The Labute approximate surface area is 62.1 Å². The van der Waals surface area contributed by atoms with Crippen molar-refractivity contribution in [2.24, 2.45) is 0 Å². The monoisotopic (exact) mass is 145 g/mol. The van der Waals surface area contributed by atoms with Crippen molar-refractivity contribution >= 4 is 0 Å². The highest BCUT2D eigenvalue weighted by Gasteiger charge is 1.88. The van der Waals surface area contributed by atoms with Crippen LogP contribution in [0.5, 0.6) is 0 Å². The lowest BCUT2D eigenvalue weighted by Gasteiger charge is -2.07. The first-order valence-electron chi connectivity index (χ1n) is 3.35. The summed E-state index contributed by atoms with van der Waals surface area (Å²) in [4.78, 5) is 9.46. The second-order valence-corrected chi connectivity index (χ2v) is 2.14. The van der Waals surface area contributed by atoms with Crippen LogP contribution in [0.3, 0.4) is 0 Å². The Bertz CT molecular complexity index is 83.7. The van der Waals surface area contributed by atoms with E-state index in [9.17, 15) is 0 Å². The summed E-state index contributed by atoms with van der Waals surface area (Å²) < 4.78 is 0. The van der Waals surface area contributed by atoms with Gasteiger partial charge in [0.15, 0.2) is 0 Å². The summed E-state index contributed by atoms with van der Waals surface area (Å²) in [5, 5.41) is 1.51. The number of hydroxylamine groups is 2. The quantitative estimate of drug-likeness (QED) is 0.244. The molecule has 0 radical (unpaired) electrons. The first kappa shape index (κ1) is 9.62. The maximum absolute atomic E-state index is 4.78. The van der Waals surface area contributed by atoms with Crippen molar-refractivity contribution in [1.29, 1.82) is 0 Å². The molecule has 0 saturated carbocycles. The minimum Gasteiger partial charge on any atom is -0.218 e. The van der Waals surface area contributed by atoms with Gasteiger partial charge in [-0.1, -0.05) is 6.08 Å². The van der Waals surface area contributed by atoms with Gasteiger partial charge in [-0.2, -0.15) is 5.06 Å². The predicted octanol–water partition coefficient (Wildman–Crippen LogP) is 1.38. The average molecular weight is 145 g/mol. The fourth-order valence-electron chi connectivity index (χ4n) is 0.429. The molecule has 0 bridgehead atoms. The van der Waals surface area contributed by atoms with Crippen molar-refractivity contribution in [2.45, 2.75) is 12.8 Å². The molecule has 0 aliphatic heterocycles. The molecule has 10 heavy (non-hydrogen) atoms. The molecule has 0 unspecified atom stereocenters. The molecule has 0 atom stereocenters. The lowest BCUT2D eigenvalue weighted by atomic mass is 10.3. The van der Waals surface area contributed by atoms with E-state index in [1.807, 2.05) is 6.08 Å². The van der Waals surface area contributed by atoms with Crippen LogP contribution in [0.2, 0.25) is 0 Å². The third kappa shape index (κ3) is 7.62. The molecule has 0 N–H and O–H groups in total. The molecule has 0 spiro atoms. The molecule has 60 valence electrons. The third-order valence-electron chi connectivity index (χ3n) is 0.838. The van der Waals surface area contributed by atoms with Crippen LogP contribution in [-0.4, -0.2) is 25.8 Å². The SMILES string of the molecule is C=CCCCOON(C)C. The average Bonchev–Trinajstić information content (AvgIpc) is 1.87. The van der Waals surface area contributed by atoms with E-state index < -0.39 is 0 Å². The zero-order valence-corrected chi connectivity index (χ0v) is 6.67. The molecule has 0 aromatic heterocycles. The van der Waals surface area contributed by atoms with Gasteiger partial charge < -0.3 is 0 Å². The topological polar surface area (TPSA) is 21.7 Å². The molecule has 0 saturated heterocycles. The maximum atomic E-state index is 4.78. The second-order valence-electron chi connectivity index (χ2n) is 2.14. The molecule has 0 fully saturated rings. The Morgan fingerprint density at radius 1 is 1.50 bits per heavy atom. The van der Waals surface area contributed by atoms with E-state index in [2.05, 4.69) is 11.6 Å². The fraction of sp³-hybridized carbons (Fsp3) is 0.714. The highest BCUT2D eigenvalue weighted by atomic mass is 17.3. The van der Waals surface area contributed by atoms with Gasteiger partial charge in [-0.05, 0) is 12.8 Å². The van der Waals surface area contributed by atoms with Gasteiger partial charge >= 0.3 is 0 Å². The minimum absolute atomic E-state index is 0.615. The first-order valence-corrected chi connectivity index (χ1v) is 3.35. The Balaban J connectivity index is 2.83. The summed E-state index contributed by atoms with van der Waals surface area (Å²) in [5.41, 5.74) is 0. The van der Waals surface area contributed by atoms with Crippen LogP contribution in [0.25, 0.3) is 0 Å². The van der Waals surface area contributed by atoms with Gasteiger partial charge in [0, 0.05) is 14.1 Å². The molecule has 0 aromatic rings. The molecule has 3 heteroatoms. The number of nitrogens with zero attached hydrogens (tertiary/aromatic N) is 1. The number of unbranched alkanes of at least 4 members (excludes halogenated alkanes) is 1. The molecule has 0 amide bonds. The van der Waals surface area contributed by atoms with Gasteiger partial charge in [-0.25, -0.2) is 4.89 Å². The third-order valence-corrected chi connectivity index (χ3v) is 0.838. The second kappa shape index (κ2) is 6.74. The van der Waals surface area contributed by atoms with Crippen LogP contribution in [0, 0.1) is 0 Å². The van der Waals surface area contributed by atoms with E-state index in [-0.39, 0.29) is 0 Å². The van der Waals surface area contributed by atoms with E-state index in [1.165, 1.54) is 5.06 Å². The van der Waals surface area contributed by atoms with Crippen molar-refractivity contribution in [3.8, 4) is 0 Å². The zero-order valence-electron chi connectivity index (χ0n) is 6.67. The van der Waals surface area contributed by atoms with Crippen LogP contribution in [0.15, 0.2) is 12.7 Å². The normalized spacial score (nSPS) is 10.3. The summed E-state index contributed by atoms with van der Waals surface area (Å²) in [6.07, 6.45) is 3.78. The van der Waals surface area contributed by atoms with Gasteiger partial charge in [-0.3, -0.25) is 0 Å².